The van der Waals surface area contributed by atoms with Crippen molar-refractivity contribution >= 4 is 33.2 Å². The minimum atomic E-state index is -3.81. The Morgan fingerprint density at radius 3 is 2.25 bits per heavy atom. The van der Waals surface area contributed by atoms with Crippen LogP contribution in [0.4, 0.5) is 4.39 Å². The summed E-state index contributed by atoms with van der Waals surface area (Å²) in [5.41, 5.74) is 0.684. The summed E-state index contributed by atoms with van der Waals surface area (Å²) in [6.45, 7) is 0.415. The lowest BCUT2D eigenvalue weighted by Gasteiger charge is -2.23. The van der Waals surface area contributed by atoms with E-state index in [1.165, 1.54) is 12.1 Å². The minimum absolute atomic E-state index is 0.00674. The fourth-order valence-electron chi connectivity index (χ4n) is 2.17. The maximum Gasteiger partial charge on any atom is 0.241 e. The Morgan fingerprint density at radius 1 is 1.08 bits per heavy atom. The van der Waals surface area contributed by atoms with Crippen molar-refractivity contribution in [2.45, 2.75) is 10.9 Å². The Labute approximate surface area is 151 Å². The summed E-state index contributed by atoms with van der Waals surface area (Å²) < 4.78 is 40.7. The van der Waals surface area contributed by atoms with Crippen molar-refractivity contribution in [3.63, 3.8) is 0 Å². The van der Waals surface area contributed by atoms with Gasteiger partial charge in [-0.15, -0.1) is 0 Å². The van der Waals surface area contributed by atoms with Gasteiger partial charge in [0.1, 0.15) is 5.82 Å². The molecule has 1 atom stereocenters. The lowest BCUT2D eigenvalue weighted by atomic mass is 10.1. The van der Waals surface area contributed by atoms with Crippen LogP contribution < -0.4 is 4.72 Å². The van der Waals surface area contributed by atoms with Gasteiger partial charge in [0, 0.05) is 6.54 Å². The number of hydrogen-bond acceptors (Lipinski definition) is 3. The molecule has 8 heteroatoms. The van der Waals surface area contributed by atoms with E-state index < -0.39 is 21.9 Å². The van der Waals surface area contributed by atoms with Crippen LogP contribution in [-0.2, 0) is 10.0 Å². The molecule has 2 aromatic rings. The first kappa shape index (κ1) is 19.1. The maximum atomic E-state index is 13.0. The average molecular weight is 391 g/mol. The standard InChI is InChI=1S/C16H17Cl2FN2O2S/c1-21(2)10-16(11-3-8-14(17)15(18)9-11)20-24(22,23)13-6-4-12(19)5-7-13/h3-9,16,20H,10H2,1-2H3. The maximum absolute atomic E-state index is 13.0. The summed E-state index contributed by atoms with van der Waals surface area (Å²) in [5, 5.41) is 0.740. The van der Waals surface area contributed by atoms with Crippen molar-refractivity contribution in [1.29, 1.82) is 0 Å². The van der Waals surface area contributed by atoms with Crippen LogP contribution in [0.2, 0.25) is 10.0 Å². The molecular formula is C16H17Cl2FN2O2S. The SMILES string of the molecule is CN(C)CC(NS(=O)(=O)c1ccc(F)cc1)c1ccc(Cl)c(Cl)c1. The van der Waals surface area contributed by atoms with Gasteiger partial charge in [-0.1, -0.05) is 29.3 Å². The predicted molar refractivity (Wildman–Crippen MR) is 94.5 cm³/mol. The Hall–Kier alpha value is -1.18. The molecule has 0 aromatic heterocycles. The average Bonchev–Trinajstić information content (AvgIpc) is 2.49. The third kappa shape index (κ3) is 4.91. The van der Waals surface area contributed by atoms with E-state index >= 15 is 0 Å². The smallest absolute Gasteiger partial charge is 0.241 e. The van der Waals surface area contributed by atoms with E-state index in [0.29, 0.717) is 22.2 Å². The van der Waals surface area contributed by atoms with Gasteiger partial charge >= 0.3 is 0 Å². The molecule has 24 heavy (non-hydrogen) atoms. The van der Waals surface area contributed by atoms with E-state index in [1.54, 1.807) is 18.2 Å². The van der Waals surface area contributed by atoms with Gasteiger partial charge in [-0.25, -0.2) is 17.5 Å². The highest BCUT2D eigenvalue weighted by molar-refractivity contribution is 7.89. The Bertz CT molecular complexity index is 811. The zero-order valence-corrected chi connectivity index (χ0v) is 15.5. The molecule has 2 rings (SSSR count). The molecule has 0 aliphatic rings. The largest absolute Gasteiger partial charge is 0.307 e. The second kappa shape index (κ2) is 7.80. The molecule has 0 heterocycles. The third-order valence-corrected chi connectivity index (χ3v) is 5.54. The van der Waals surface area contributed by atoms with E-state index in [9.17, 15) is 12.8 Å². The van der Waals surface area contributed by atoms with Crippen molar-refractivity contribution in [3.05, 3.63) is 63.9 Å². The number of hydrogen-bond donors (Lipinski definition) is 1. The molecule has 1 N–H and O–H groups in total. The summed E-state index contributed by atoms with van der Waals surface area (Å²) >= 11 is 12.0. The van der Waals surface area contributed by atoms with Crippen molar-refractivity contribution in [2.75, 3.05) is 20.6 Å². The second-order valence-electron chi connectivity index (χ2n) is 5.56. The Balaban J connectivity index is 2.34. The molecule has 1 unspecified atom stereocenters. The fourth-order valence-corrected chi connectivity index (χ4v) is 3.70. The molecule has 0 saturated carbocycles. The van der Waals surface area contributed by atoms with E-state index in [2.05, 4.69) is 4.72 Å². The monoisotopic (exact) mass is 390 g/mol. The van der Waals surface area contributed by atoms with Gasteiger partial charge in [0.2, 0.25) is 10.0 Å². The molecule has 0 aliphatic heterocycles. The first-order chi connectivity index (χ1) is 11.2. The van der Waals surface area contributed by atoms with Crippen molar-refractivity contribution in [3.8, 4) is 0 Å². The predicted octanol–water partition coefficient (Wildman–Crippen LogP) is 3.71. The molecule has 0 aliphatic carbocycles. The van der Waals surface area contributed by atoms with E-state index in [-0.39, 0.29) is 4.90 Å². The third-order valence-electron chi connectivity index (χ3n) is 3.32. The van der Waals surface area contributed by atoms with Crippen molar-refractivity contribution in [1.82, 2.24) is 9.62 Å². The van der Waals surface area contributed by atoms with Crippen molar-refractivity contribution in [2.24, 2.45) is 0 Å². The highest BCUT2D eigenvalue weighted by Crippen LogP contribution is 2.27. The number of likely N-dealkylation sites (N-methyl/N-ethyl adjacent to an activating group) is 1. The fraction of sp³-hybridized carbons (Fsp3) is 0.250. The molecule has 0 bridgehead atoms. The number of sulfonamides is 1. The van der Waals surface area contributed by atoms with Gasteiger partial charge in [0.05, 0.1) is 21.0 Å². The molecule has 0 saturated heterocycles. The molecule has 130 valence electrons. The van der Waals surface area contributed by atoms with Crippen LogP contribution in [0.15, 0.2) is 47.4 Å². The highest BCUT2D eigenvalue weighted by Gasteiger charge is 2.22. The van der Waals surface area contributed by atoms with E-state index in [1.807, 2.05) is 19.0 Å². The second-order valence-corrected chi connectivity index (χ2v) is 8.09. The summed E-state index contributed by atoms with van der Waals surface area (Å²) in [4.78, 5) is 1.84. The number of nitrogens with one attached hydrogen (secondary N) is 1. The van der Waals surface area contributed by atoms with Gasteiger partial charge in [-0.05, 0) is 56.1 Å². The summed E-state index contributed by atoms with van der Waals surface area (Å²) in [6.07, 6.45) is 0. The Kier molecular flexibility index (Phi) is 6.22. The number of nitrogens with zero attached hydrogens (tertiary/aromatic N) is 1. The molecule has 0 amide bonds. The lowest BCUT2D eigenvalue weighted by molar-refractivity contribution is 0.363. The summed E-state index contributed by atoms with van der Waals surface area (Å²) in [6, 6.07) is 9.08. The van der Waals surface area contributed by atoms with Crippen molar-refractivity contribution < 1.29 is 12.8 Å². The summed E-state index contributed by atoms with van der Waals surface area (Å²) in [5.74, 6) is -0.497. The van der Waals surface area contributed by atoms with Crippen LogP contribution in [0.3, 0.4) is 0 Å². The molecule has 0 radical (unpaired) electrons. The molecule has 2 aromatic carbocycles. The van der Waals surface area contributed by atoms with Crippen LogP contribution in [0.5, 0.6) is 0 Å². The lowest BCUT2D eigenvalue weighted by Crippen LogP contribution is -2.35. The topological polar surface area (TPSA) is 49.4 Å². The van der Waals surface area contributed by atoms with Crippen LogP contribution in [0, 0.1) is 5.82 Å². The molecule has 0 spiro atoms. The highest BCUT2D eigenvalue weighted by atomic mass is 35.5. The van der Waals surface area contributed by atoms with Gasteiger partial charge in [-0.3, -0.25) is 0 Å². The number of benzene rings is 2. The van der Waals surface area contributed by atoms with Crippen LogP contribution in [-0.4, -0.2) is 34.0 Å². The van der Waals surface area contributed by atoms with Crippen LogP contribution in [0.25, 0.3) is 0 Å². The zero-order chi connectivity index (χ0) is 17.9. The normalized spacial score (nSPS) is 13.2. The molecule has 4 nitrogen and oxygen atoms in total. The minimum Gasteiger partial charge on any atom is -0.307 e. The van der Waals surface area contributed by atoms with Crippen LogP contribution in [0.1, 0.15) is 11.6 Å². The Morgan fingerprint density at radius 2 is 1.71 bits per heavy atom. The van der Waals surface area contributed by atoms with E-state index in [0.717, 1.165) is 12.1 Å². The number of halogens is 3. The van der Waals surface area contributed by atoms with Gasteiger partial charge in [0.15, 0.2) is 0 Å². The quantitative estimate of drug-likeness (QED) is 0.817. The number of rotatable bonds is 6. The van der Waals surface area contributed by atoms with Gasteiger partial charge in [-0.2, -0.15) is 0 Å². The van der Waals surface area contributed by atoms with Gasteiger partial charge < -0.3 is 4.90 Å². The first-order valence-electron chi connectivity index (χ1n) is 7.06. The zero-order valence-electron chi connectivity index (χ0n) is 13.1. The van der Waals surface area contributed by atoms with Crippen LogP contribution >= 0.6 is 23.2 Å². The first-order valence-corrected chi connectivity index (χ1v) is 9.30. The molecule has 0 fully saturated rings. The molecular weight excluding hydrogens is 374 g/mol. The van der Waals surface area contributed by atoms with Gasteiger partial charge in [0.25, 0.3) is 0 Å². The van der Waals surface area contributed by atoms with E-state index in [4.69, 9.17) is 23.2 Å². The summed E-state index contributed by atoms with van der Waals surface area (Å²) in [7, 11) is -0.152.